The van der Waals surface area contributed by atoms with Gasteiger partial charge in [0.1, 0.15) is 5.75 Å². The van der Waals surface area contributed by atoms with Gasteiger partial charge in [-0.1, -0.05) is 6.07 Å². The molecule has 16 heavy (non-hydrogen) atoms. The van der Waals surface area contributed by atoms with Gasteiger partial charge >= 0.3 is 12.6 Å². The molecule has 0 saturated carbocycles. The Morgan fingerprint density at radius 2 is 2.19 bits per heavy atom. The summed E-state index contributed by atoms with van der Waals surface area (Å²) in [6, 6.07) is 4.50. The Morgan fingerprint density at radius 1 is 1.50 bits per heavy atom. The maximum Gasteiger partial charge on any atom is 0.387 e. The molecule has 0 amide bonds. The lowest BCUT2D eigenvalue weighted by Gasteiger charge is -2.08. The van der Waals surface area contributed by atoms with Gasteiger partial charge in [0.05, 0.1) is 0 Å². The quantitative estimate of drug-likeness (QED) is 0.845. The number of benzene rings is 1. The van der Waals surface area contributed by atoms with Crippen molar-refractivity contribution in [3.8, 4) is 5.75 Å². The van der Waals surface area contributed by atoms with Gasteiger partial charge in [-0.3, -0.25) is 4.79 Å². The van der Waals surface area contributed by atoms with Crippen LogP contribution in [0.2, 0.25) is 0 Å². The molecule has 1 aromatic carbocycles. The minimum atomic E-state index is -2.84. The van der Waals surface area contributed by atoms with E-state index in [9.17, 15) is 13.6 Å². The summed E-state index contributed by atoms with van der Waals surface area (Å²) < 4.78 is 28.0. The Labute approximate surface area is 91.7 Å². The van der Waals surface area contributed by atoms with Crippen LogP contribution in [0, 0.1) is 6.92 Å². The summed E-state index contributed by atoms with van der Waals surface area (Å²) in [5.41, 5.74) is 1.57. The molecule has 0 unspecified atom stereocenters. The van der Waals surface area contributed by atoms with Crippen molar-refractivity contribution in [3.05, 3.63) is 29.3 Å². The van der Waals surface area contributed by atoms with Crippen LogP contribution in [0.25, 0.3) is 0 Å². The van der Waals surface area contributed by atoms with Gasteiger partial charge in [0.25, 0.3) is 0 Å². The van der Waals surface area contributed by atoms with Crippen LogP contribution in [0.15, 0.2) is 18.2 Å². The van der Waals surface area contributed by atoms with E-state index < -0.39 is 12.6 Å². The summed E-state index contributed by atoms with van der Waals surface area (Å²) >= 11 is 0. The number of halogens is 2. The highest BCUT2D eigenvalue weighted by molar-refractivity contribution is 5.67. The molecule has 0 aliphatic heterocycles. The Bertz CT molecular complexity index is 377. The third-order valence-corrected chi connectivity index (χ3v) is 2.15. The second kappa shape index (κ2) is 5.44. The molecule has 88 valence electrons. The summed E-state index contributed by atoms with van der Waals surface area (Å²) in [7, 11) is 0. The highest BCUT2D eigenvalue weighted by atomic mass is 19.3. The van der Waals surface area contributed by atoms with Gasteiger partial charge in [-0.05, 0) is 36.6 Å². The highest BCUT2D eigenvalue weighted by Crippen LogP contribution is 2.20. The van der Waals surface area contributed by atoms with Crippen molar-refractivity contribution in [1.29, 1.82) is 0 Å². The Hall–Kier alpha value is -1.65. The van der Waals surface area contributed by atoms with E-state index in [2.05, 4.69) is 4.74 Å². The molecular formula is C11H12F2O3. The van der Waals surface area contributed by atoms with Crippen LogP contribution in [-0.4, -0.2) is 17.7 Å². The van der Waals surface area contributed by atoms with E-state index in [-0.39, 0.29) is 12.2 Å². The molecular weight excluding hydrogens is 218 g/mol. The van der Waals surface area contributed by atoms with E-state index in [0.717, 1.165) is 11.1 Å². The number of ether oxygens (including phenoxy) is 1. The second-order valence-corrected chi connectivity index (χ2v) is 3.36. The number of rotatable bonds is 5. The van der Waals surface area contributed by atoms with Crippen molar-refractivity contribution in [3.63, 3.8) is 0 Å². The summed E-state index contributed by atoms with van der Waals surface area (Å²) in [5.74, 6) is -0.793. The first-order valence-electron chi connectivity index (χ1n) is 4.75. The first-order chi connectivity index (χ1) is 7.49. The fourth-order valence-corrected chi connectivity index (χ4v) is 1.37. The molecule has 0 heterocycles. The molecule has 0 atom stereocenters. The summed E-state index contributed by atoms with van der Waals surface area (Å²) in [4.78, 5) is 10.4. The molecule has 1 aromatic rings. The minimum absolute atomic E-state index is 0.0237. The monoisotopic (exact) mass is 230 g/mol. The maximum absolute atomic E-state index is 11.9. The van der Waals surface area contributed by atoms with Gasteiger partial charge in [-0.25, -0.2) is 0 Å². The fourth-order valence-electron chi connectivity index (χ4n) is 1.37. The van der Waals surface area contributed by atoms with E-state index in [0.29, 0.717) is 6.42 Å². The summed E-state index contributed by atoms with van der Waals surface area (Å²) in [6.45, 7) is -1.11. The van der Waals surface area contributed by atoms with Crippen LogP contribution >= 0.6 is 0 Å². The number of hydrogen-bond donors (Lipinski definition) is 1. The van der Waals surface area contributed by atoms with Crippen molar-refractivity contribution in [2.45, 2.75) is 26.4 Å². The van der Waals surface area contributed by atoms with E-state index in [1.54, 1.807) is 13.0 Å². The number of alkyl halides is 2. The van der Waals surface area contributed by atoms with E-state index in [1.807, 2.05) is 0 Å². The van der Waals surface area contributed by atoms with Gasteiger partial charge in [0.2, 0.25) is 0 Å². The highest BCUT2D eigenvalue weighted by Gasteiger charge is 2.07. The molecule has 3 nitrogen and oxygen atoms in total. The van der Waals surface area contributed by atoms with Crippen LogP contribution in [0.3, 0.4) is 0 Å². The second-order valence-electron chi connectivity index (χ2n) is 3.36. The predicted octanol–water partition coefficient (Wildman–Crippen LogP) is 2.61. The third-order valence-electron chi connectivity index (χ3n) is 2.15. The molecule has 0 aromatic heterocycles. The van der Waals surface area contributed by atoms with Gasteiger partial charge < -0.3 is 9.84 Å². The lowest BCUT2D eigenvalue weighted by molar-refractivity contribution is -0.136. The molecule has 0 aliphatic rings. The fraction of sp³-hybridized carbons (Fsp3) is 0.364. The molecule has 1 N–H and O–H groups in total. The molecule has 0 radical (unpaired) electrons. The molecule has 0 bridgehead atoms. The van der Waals surface area contributed by atoms with Crippen molar-refractivity contribution in [2.75, 3.05) is 0 Å². The average molecular weight is 230 g/mol. The predicted molar refractivity (Wildman–Crippen MR) is 53.8 cm³/mol. The maximum atomic E-state index is 11.9. The third kappa shape index (κ3) is 3.84. The average Bonchev–Trinajstić information content (AvgIpc) is 2.15. The van der Waals surface area contributed by atoms with Gasteiger partial charge in [0.15, 0.2) is 0 Å². The standard InChI is InChI=1S/C11H12F2O3/c1-7-6-9(16-11(12)13)4-2-8(7)3-5-10(14)15/h2,4,6,11H,3,5H2,1H3,(H,14,15). The zero-order valence-corrected chi connectivity index (χ0v) is 8.74. The molecule has 0 spiro atoms. The van der Waals surface area contributed by atoms with Gasteiger partial charge in [-0.15, -0.1) is 0 Å². The topological polar surface area (TPSA) is 46.5 Å². The summed E-state index contributed by atoms with van der Waals surface area (Å²) in [5, 5.41) is 8.52. The summed E-state index contributed by atoms with van der Waals surface area (Å²) in [6.07, 6.45) is 0.409. The Balaban J connectivity index is 2.71. The lowest BCUT2D eigenvalue weighted by Crippen LogP contribution is -2.03. The van der Waals surface area contributed by atoms with Crippen LogP contribution in [0.5, 0.6) is 5.75 Å². The molecule has 5 heteroatoms. The van der Waals surface area contributed by atoms with E-state index in [4.69, 9.17) is 5.11 Å². The first kappa shape index (κ1) is 12.4. The smallest absolute Gasteiger partial charge is 0.387 e. The SMILES string of the molecule is Cc1cc(OC(F)F)ccc1CCC(=O)O. The number of carbonyl (C=O) groups is 1. The number of aliphatic carboxylic acids is 1. The minimum Gasteiger partial charge on any atom is -0.481 e. The van der Waals surface area contributed by atoms with Crippen molar-refractivity contribution < 1.29 is 23.4 Å². The van der Waals surface area contributed by atoms with Gasteiger partial charge in [-0.2, -0.15) is 8.78 Å². The lowest BCUT2D eigenvalue weighted by atomic mass is 10.0. The van der Waals surface area contributed by atoms with Crippen molar-refractivity contribution >= 4 is 5.97 Å². The zero-order valence-electron chi connectivity index (χ0n) is 8.74. The van der Waals surface area contributed by atoms with Crippen molar-refractivity contribution in [2.24, 2.45) is 0 Å². The van der Waals surface area contributed by atoms with Crippen LogP contribution in [-0.2, 0) is 11.2 Å². The number of carboxylic acids is 1. The zero-order chi connectivity index (χ0) is 12.1. The van der Waals surface area contributed by atoms with Crippen molar-refractivity contribution in [1.82, 2.24) is 0 Å². The first-order valence-corrected chi connectivity index (χ1v) is 4.75. The molecule has 0 fully saturated rings. The van der Waals surface area contributed by atoms with E-state index >= 15 is 0 Å². The Kier molecular flexibility index (Phi) is 4.22. The van der Waals surface area contributed by atoms with Crippen LogP contribution < -0.4 is 4.74 Å². The van der Waals surface area contributed by atoms with Crippen LogP contribution in [0.1, 0.15) is 17.5 Å². The molecule has 1 rings (SSSR count). The largest absolute Gasteiger partial charge is 0.481 e. The number of carboxylic acid groups (broad SMARTS) is 1. The van der Waals surface area contributed by atoms with E-state index in [1.165, 1.54) is 12.1 Å². The number of aryl methyl sites for hydroxylation is 2. The molecule has 0 aliphatic carbocycles. The number of hydrogen-bond acceptors (Lipinski definition) is 2. The molecule has 0 saturated heterocycles. The van der Waals surface area contributed by atoms with Crippen LogP contribution in [0.4, 0.5) is 8.78 Å². The normalized spacial score (nSPS) is 10.5. The Morgan fingerprint density at radius 3 is 2.69 bits per heavy atom. The van der Waals surface area contributed by atoms with Gasteiger partial charge in [0, 0.05) is 6.42 Å².